The summed E-state index contributed by atoms with van der Waals surface area (Å²) < 4.78 is 63.0. The summed E-state index contributed by atoms with van der Waals surface area (Å²) in [4.78, 5) is 9.40. The Morgan fingerprint density at radius 1 is 1.32 bits per heavy atom. The van der Waals surface area contributed by atoms with Crippen molar-refractivity contribution in [3.63, 3.8) is 0 Å². The third-order valence-corrected chi connectivity index (χ3v) is 3.77. The van der Waals surface area contributed by atoms with E-state index in [1.54, 1.807) is 4.72 Å². The van der Waals surface area contributed by atoms with Gasteiger partial charge < -0.3 is 9.90 Å². The van der Waals surface area contributed by atoms with Crippen molar-refractivity contribution in [1.82, 2.24) is 4.72 Å². The lowest BCUT2D eigenvalue weighted by Gasteiger charge is -2.17. The number of aliphatic carboxylic acids is 1. The monoisotopic (exact) mass is 296 g/mol. The van der Waals surface area contributed by atoms with Crippen molar-refractivity contribution < 1.29 is 31.5 Å². The van der Waals surface area contributed by atoms with Crippen molar-refractivity contribution in [1.29, 1.82) is 0 Å². The van der Waals surface area contributed by atoms with E-state index in [0.29, 0.717) is 6.07 Å². The van der Waals surface area contributed by atoms with Gasteiger partial charge in [-0.25, -0.2) is 13.1 Å². The van der Waals surface area contributed by atoms with Crippen molar-refractivity contribution >= 4 is 16.0 Å². The summed E-state index contributed by atoms with van der Waals surface area (Å²) in [5.74, 6) is -1.74. The minimum Gasteiger partial charge on any atom is -0.548 e. The molecule has 0 saturated carbocycles. The van der Waals surface area contributed by atoms with Crippen LogP contribution in [0.15, 0.2) is 29.2 Å². The largest absolute Gasteiger partial charge is 0.548 e. The van der Waals surface area contributed by atoms with Crippen molar-refractivity contribution in [3.8, 4) is 0 Å². The van der Waals surface area contributed by atoms with Crippen LogP contribution in [0.2, 0.25) is 0 Å². The first-order valence-corrected chi connectivity index (χ1v) is 6.43. The molecular weight excluding hydrogens is 287 g/mol. The average molecular weight is 296 g/mol. The van der Waals surface area contributed by atoms with Gasteiger partial charge in [0.15, 0.2) is 0 Å². The molecule has 0 bridgehead atoms. The van der Waals surface area contributed by atoms with Crippen LogP contribution in [0.5, 0.6) is 0 Å². The predicted molar refractivity (Wildman–Crippen MR) is 56.2 cm³/mol. The Balaban J connectivity index is 3.27. The SMILES string of the molecule is C[C@H](NS(=O)(=O)c1ccccc1C(F)(F)F)C(=O)[O-]. The van der Waals surface area contributed by atoms with E-state index in [1.165, 1.54) is 0 Å². The maximum atomic E-state index is 12.7. The zero-order valence-corrected chi connectivity index (χ0v) is 10.4. The van der Waals surface area contributed by atoms with Gasteiger partial charge in [0.05, 0.1) is 22.5 Å². The molecule has 1 aromatic carbocycles. The standard InChI is InChI=1S/C10H10F3NO4S/c1-6(9(15)16)14-19(17,18)8-5-3-2-4-7(8)10(11,12)13/h2-6,14H,1H3,(H,15,16)/p-1/t6-/m0/s1. The number of halogens is 3. The lowest BCUT2D eigenvalue weighted by atomic mass is 10.2. The van der Waals surface area contributed by atoms with Gasteiger partial charge in [-0.1, -0.05) is 12.1 Å². The lowest BCUT2D eigenvalue weighted by molar-refractivity contribution is -0.307. The minimum atomic E-state index is -4.87. The second-order valence-corrected chi connectivity index (χ2v) is 5.34. The van der Waals surface area contributed by atoms with Crippen molar-refractivity contribution in [2.45, 2.75) is 24.0 Å². The molecule has 1 N–H and O–H groups in total. The zero-order valence-electron chi connectivity index (χ0n) is 9.56. The summed E-state index contributed by atoms with van der Waals surface area (Å²) in [6.07, 6.45) is -4.87. The van der Waals surface area contributed by atoms with Gasteiger partial charge in [-0.2, -0.15) is 13.2 Å². The fourth-order valence-electron chi connectivity index (χ4n) is 1.28. The van der Waals surface area contributed by atoms with Crippen LogP contribution in [-0.4, -0.2) is 20.4 Å². The molecule has 1 aromatic rings. The molecule has 0 radical (unpaired) electrons. The third kappa shape index (κ3) is 3.67. The van der Waals surface area contributed by atoms with Gasteiger partial charge >= 0.3 is 6.18 Å². The summed E-state index contributed by atoms with van der Waals surface area (Å²) >= 11 is 0. The van der Waals surface area contributed by atoms with Crippen LogP contribution in [0.3, 0.4) is 0 Å². The summed E-state index contributed by atoms with van der Waals surface area (Å²) in [5, 5.41) is 10.4. The first kappa shape index (κ1) is 15.4. The highest BCUT2D eigenvalue weighted by molar-refractivity contribution is 7.89. The molecule has 0 aromatic heterocycles. The number of sulfonamides is 1. The fraction of sp³-hybridized carbons (Fsp3) is 0.300. The van der Waals surface area contributed by atoms with E-state index in [0.717, 1.165) is 25.1 Å². The van der Waals surface area contributed by atoms with Crippen LogP contribution >= 0.6 is 0 Å². The molecule has 9 heteroatoms. The number of alkyl halides is 3. The van der Waals surface area contributed by atoms with Gasteiger partial charge in [0.2, 0.25) is 10.0 Å². The Bertz CT molecular complexity index is 583. The molecule has 0 unspecified atom stereocenters. The molecular formula is C10H9F3NO4S-. The number of nitrogens with one attached hydrogen (secondary N) is 1. The molecule has 0 saturated heterocycles. The van der Waals surface area contributed by atoms with E-state index in [-0.39, 0.29) is 0 Å². The van der Waals surface area contributed by atoms with Crippen molar-refractivity contribution in [3.05, 3.63) is 29.8 Å². The van der Waals surface area contributed by atoms with E-state index in [2.05, 4.69) is 0 Å². The zero-order chi connectivity index (χ0) is 14.8. The summed E-state index contributed by atoms with van der Waals surface area (Å²) in [5.41, 5.74) is -1.37. The number of rotatable bonds is 4. The van der Waals surface area contributed by atoms with Crippen molar-refractivity contribution in [2.75, 3.05) is 0 Å². The highest BCUT2D eigenvalue weighted by Gasteiger charge is 2.37. The quantitative estimate of drug-likeness (QED) is 0.855. The molecule has 1 rings (SSSR count). The molecule has 106 valence electrons. The van der Waals surface area contributed by atoms with Crippen LogP contribution in [0.1, 0.15) is 12.5 Å². The Morgan fingerprint density at radius 3 is 2.32 bits per heavy atom. The lowest BCUT2D eigenvalue weighted by Crippen LogP contribution is -2.46. The van der Waals surface area contributed by atoms with Crippen LogP contribution in [0.25, 0.3) is 0 Å². The Kier molecular flexibility index (Phi) is 4.21. The first-order chi connectivity index (χ1) is 8.55. The second-order valence-electron chi connectivity index (χ2n) is 3.66. The van der Waals surface area contributed by atoms with E-state index in [9.17, 15) is 31.5 Å². The molecule has 5 nitrogen and oxygen atoms in total. The van der Waals surface area contributed by atoms with Crippen LogP contribution in [-0.2, 0) is 21.0 Å². The number of hydrogen-bond donors (Lipinski definition) is 1. The highest BCUT2D eigenvalue weighted by Crippen LogP contribution is 2.33. The summed E-state index contributed by atoms with van der Waals surface area (Å²) in [7, 11) is -4.61. The van der Waals surface area contributed by atoms with Gasteiger partial charge in [0.25, 0.3) is 0 Å². The Morgan fingerprint density at radius 2 is 1.84 bits per heavy atom. The molecule has 0 fully saturated rings. The van der Waals surface area contributed by atoms with Gasteiger partial charge in [0.1, 0.15) is 0 Å². The molecule has 0 amide bonds. The molecule has 0 aliphatic rings. The molecule has 1 atom stereocenters. The smallest absolute Gasteiger partial charge is 0.417 e. The van der Waals surface area contributed by atoms with E-state index in [4.69, 9.17) is 0 Å². The Hall–Kier alpha value is -1.61. The first-order valence-electron chi connectivity index (χ1n) is 4.95. The summed E-state index contributed by atoms with van der Waals surface area (Å²) in [6, 6.07) is 1.83. The van der Waals surface area contributed by atoms with E-state index >= 15 is 0 Å². The van der Waals surface area contributed by atoms with Crippen molar-refractivity contribution in [2.24, 2.45) is 0 Å². The molecule has 19 heavy (non-hydrogen) atoms. The van der Waals surface area contributed by atoms with Gasteiger partial charge in [-0.3, -0.25) is 0 Å². The second kappa shape index (κ2) is 5.17. The van der Waals surface area contributed by atoms with Gasteiger partial charge in [-0.15, -0.1) is 0 Å². The van der Waals surface area contributed by atoms with Crippen LogP contribution in [0.4, 0.5) is 13.2 Å². The van der Waals surface area contributed by atoms with Gasteiger partial charge in [0, 0.05) is 0 Å². The Labute approximate surface area is 107 Å². The number of carbonyl (C=O) groups is 1. The van der Waals surface area contributed by atoms with E-state index in [1.807, 2.05) is 0 Å². The average Bonchev–Trinajstić information content (AvgIpc) is 2.27. The topological polar surface area (TPSA) is 86.3 Å². The highest BCUT2D eigenvalue weighted by atomic mass is 32.2. The molecule has 0 heterocycles. The number of carbonyl (C=O) groups excluding carboxylic acids is 1. The minimum absolute atomic E-state index is 0.595. The number of benzene rings is 1. The van der Waals surface area contributed by atoms with Crippen LogP contribution < -0.4 is 9.83 Å². The maximum absolute atomic E-state index is 12.7. The summed E-state index contributed by atoms with van der Waals surface area (Å²) in [6.45, 7) is 0.948. The molecule has 0 aliphatic carbocycles. The number of carboxylic acid groups (broad SMARTS) is 1. The fourth-order valence-corrected chi connectivity index (χ4v) is 2.70. The maximum Gasteiger partial charge on any atom is 0.417 e. The molecule has 0 aliphatic heterocycles. The predicted octanol–water partition coefficient (Wildman–Crippen LogP) is 0.122. The number of hydrogen-bond acceptors (Lipinski definition) is 4. The number of carboxylic acids is 1. The van der Waals surface area contributed by atoms with Crippen LogP contribution in [0, 0.1) is 0 Å². The molecule has 0 spiro atoms. The normalized spacial score (nSPS) is 14.1. The van der Waals surface area contributed by atoms with E-state index < -0.39 is 38.7 Å². The third-order valence-electron chi connectivity index (χ3n) is 2.17. The van der Waals surface area contributed by atoms with Gasteiger partial charge in [-0.05, 0) is 19.1 Å².